The van der Waals surface area contributed by atoms with E-state index in [4.69, 9.17) is 9.84 Å². The summed E-state index contributed by atoms with van der Waals surface area (Å²) >= 11 is 0. The van der Waals surface area contributed by atoms with Gasteiger partial charge >= 0.3 is 11.9 Å². The molecule has 1 aromatic carbocycles. The Labute approximate surface area is 135 Å². The van der Waals surface area contributed by atoms with E-state index in [1.54, 1.807) is 0 Å². The molecule has 0 aromatic heterocycles. The zero-order valence-corrected chi connectivity index (χ0v) is 13.4. The second kappa shape index (κ2) is 5.08. The Morgan fingerprint density at radius 1 is 1.09 bits per heavy atom. The quantitative estimate of drug-likeness (QED) is 0.516. The molecule has 4 saturated carbocycles. The molecule has 0 radical (unpaired) electrons. The number of ether oxygens (including phenoxy) is 1. The fraction of sp³-hybridized carbons (Fsp3) is 0.579. The van der Waals surface area contributed by atoms with Gasteiger partial charge in [-0.2, -0.15) is 0 Å². The Morgan fingerprint density at radius 2 is 1.65 bits per heavy atom. The number of hydrogen-bond acceptors (Lipinski definition) is 3. The van der Waals surface area contributed by atoms with Crippen molar-refractivity contribution in [1.82, 2.24) is 0 Å². The highest BCUT2D eigenvalue weighted by atomic mass is 16.6. The zero-order chi connectivity index (χ0) is 16.2. The third-order valence-electron chi connectivity index (χ3n) is 6.22. The van der Waals surface area contributed by atoms with Gasteiger partial charge < -0.3 is 9.84 Å². The van der Waals surface area contributed by atoms with Crippen LogP contribution in [0.3, 0.4) is 0 Å². The van der Waals surface area contributed by atoms with Gasteiger partial charge in [0, 0.05) is 0 Å². The molecule has 0 atom stereocenters. The van der Waals surface area contributed by atoms with E-state index in [-0.39, 0.29) is 5.41 Å². The van der Waals surface area contributed by atoms with Crippen LogP contribution in [-0.2, 0) is 15.0 Å². The van der Waals surface area contributed by atoms with Crippen LogP contribution in [0, 0.1) is 24.7 Å². The number of carboxylic acid groups (broad SMARTS) is 1. The second-order valence-corrected chi connectivity index (χ2v) is 7.87. The lowest BCUT2D eigenvalue weighted by molar-refractivity contribution is -0.158. The molecule has 4 heteroatoms. The van der Waals surface area contributed by atoms with Gasteiger partial charge in [0.25, 0.3) is 0 Å². The standard InChI is InChI=1S/C19H22O4/c1-11-2-3-15(7-16(11)23-18(22)17(20)21)19-8-12-4-13(9-19)6-14(5-12)10-19/h2-3,7,12-14H,4-6,8-10H2,1H3,(H,20,21). The highest BCUT2D eigenvalue weighted by molar-refractivity contribution is 6.29. The molecular weight excluding hydrogens is 292 g/mol. The van der Waals surface area contributed by atoms with Crippen molar-refractivity contribution >= 4 is 11.9 Å². The number of benzene rings is 1. The first-order chi connectivity index (χ1) is 10.9. The van der Waals surface area contributed by atoms with E-state index in [9.17, 15) is 9.59 Å². The molecule has 23 heavy (non-hydrogen) atoms. The van der Waals surface area contributed by atoms with E-state index in [0.717, 1.165) is 23.3 Å². The summed E-state index contributed by atoms with van der Waals surface area (Å²) in [5.41, 5.74) is 2.25. The van der Waals surface area contributed by atoms with Gasteiger partial charge in [0.05, 0.1) is 0 Å². The number of carboxylic acids is 1. The Kier molecular flexibility index (Phi) is 3.26. The molecule has 0 amide bonds. The first-order valence-corrected chi connectivity index (χ1v) is 8.51. The van der Waals surface area contributed by atoms with Crippen LogP contribution in [0.25, 0.3) is 0 Å². The summed E-state index contributed by atoms with van der Waals surface area (Å²) in [5.74, 6) is 0.152. The SMILES string of the molecule is Cc1ccc(C23CC4CC(CC(C4)C2)C3)cc1OC(=O)C(=O)O. The van der Waals surface area contributed by atoms with Crippen LogP contribution in [0.2, 0.25) is 0 Å². The first-order valence-electron chi connectivity index (χ1n) is 8.51. The van der Waals surface area contributed by atoms with Crippen molar-refractivity contribution in [2.45, 2.75) is 50.9 Å². The highest BCUT2D eigenvalue weighted by Crippen LogP contribution is 2.60. The largest absolute Gasteiger partial charge is 0.473 e. The molecule has 0 spiro atoms. The molecule has 4 bridgehead atoms. The van der Waals surface area contributed by atoms with Gasteiger partial charge in [0.15, 0.2) is 0 Å². The minimum Gasteiger partial charge on any atom is -0.473 e. The van der Waals surface area contributed by atoms with E-state index < -0.39 is 11.9 Å². The highest BCUT2D eigenvalue weighted by Gasteiger charge is 2.51. The van der Waals surface area contributed by atoms with Crippen molar-refractivity contribution in [3.05, 3.63) is 29.3 Å². The summed E-state index contributed by atoms with van der Waals surface area (Å²) in [5, 5.41) is 8.76. The maximum atomic E-state index is 11.4. The van der Waals surface area contributed by atoms with Crippen molar-refractivity contribution in [3.8, 4) is 5.75 Å². The van der Waals surface area contributed by atoms with Crippen molar-refractivity contribution in [2.75, 3.05) is 0 Å². The Bertz CT molecular complexity index is 641. The number of esters is 1. The van der Waals surface area contributed by atoms with Crippen molar-refractivity contribution in [3.63, 3.8) is 0 Å². The Morgan fingerprint density at radius 3 is 2.17 bits per heavy atom. The molecule has 4 aliphatic rings. The molecule has 4 nitrogen and oxygen atoms in total. The van der Waals surface area contributed by atoms with Crippen LogP contribution in [0.15, 0.2) is 18.2 Å². The Hall–Kier alpha value is -1.84. The average Bonchev–Trinajstić information content (AvgIpc) is 2.47. The minimum atomic E-state index is -1.55. The predicted octanol–water partition coefficient (Wildman–Crippen LogP) is 3.45. The molecule has 4 aliphatic carbocycles. The van der Waals surface area contributed by atoms with Crippen LogP contribution in [0.5, 0.6) is 5.75 Å². The van der Waals surface area contributed by atoms with E-state index in [1.807, 2.05) is 19.1 Å². The third kappa shape index (κ3) is 2.44. The van der Waals surface area contributed by atoms with Gasteiger partial charge in [0.2, 0.25) is 0 Å². The fourth-order valence-electron chi connectivity index (χ4n) is 5.65. The summed E-state index contributed by atoms with van der Waals surface area (Å²) in [7, 11) is 0. The molecule has 1 aromatic rings. The van der Waals surface area contributed by atoms with Gasteiger partial charge in [0.1, 0.15) is 5.75 Å². The molecule has 0 aliphatic heterocycles. The molecular formula is C19H22O4. The van der Waals surface area contributed by atoms with Crippen LogP contribution in [0.1, 0.15) is 49.7 Å². The third-order valence-corrected chi connectivity index (χ3v) is 6.22. The molecule has 122 valence electrons. The van der Waals surface area contributed by atoms with Crippen LogP contribution < -0.4 is 4.74 Å². The zero-order valence-electron chi connectivity index (χ0n) is 13.4. The fourth-order valence-corrected chi connectivity index (χ4v) is 5.65. The molecule has 0 heterocycles. The van der Waals surface area contributed by atoms with Crippen LogP contribution in [0.4, 0.5) is 0 Å². The van der Waals surface area contributed by atoms with Crippen molar-refractivity contribution in [2.24, 2.45) is 17.8 Å². The van der Waals surface area contributed by atoms with Crippen molar-refractivity contribution in [1.29, 1.82) is 0 Å². The van der Waals surface area contributed by atoms with Gasteiger partial charge in [-0.15, -0.1) is 0 Å². The van der Waals surface area contributed by atoms with Gasteiger partial charge in [-0.3, -0.25) is 0 Å². The minimum absolute atomic E-state index is 0.215. The van der Waals surface area contributed by atoms with E-state index in [2.05, 4.69) is 6.07 Å². The number of rotatable bonds is 2. The van der Waals surface area contributed by atoms with Crippen molar-refractivity contribution < 1.29 is 19.4 Å². The first kappa shape index (κ1) is 14.7. The number of aliphatic carboxylic acids is 1. The van der Waals surface area contributed by atoms with Crippen LogP contribution >= 0.6 is 0 Å². The monoisotopic (exact) mass is 314 g/mol. The molecule has 0 unspecified atom stereocenters. The molecule has 5 rings (SSSR count). The summed E-state index contributed by atoms with van der Waals surface area (Å²) in [4.78, 5) is 22.1. The summed E-state index contributed by atoms with van der Waals surface area (Å²) < 4.78 is 5.07. The van der Waals surface area contributed by atoms with E-state index in [0.29, 0.717) is 5.75 Å². The molecule has 0 saturated heterocycles. The normalized spacial score (nSPS) is 34.4. The lowest BCUT2D eigenvalue weighted by Crippen LogP contribution is -2.48. The maximum absolute atomic E-state index is 11.4. The molecule has 4 fully saturated rings. The summed E-state index contributed by atoms with van der Waals surface area (Å²) in [6.45, 7) is 1.84. The molecule has 1 N–H and O–H groups in total. The van der Waals surface area contributed by atoms with E-state index in [1.165, 1.54) is 44.1 Å². The smallest absolute Gasteiger partial charge is 0.422 e. The summed E-state index contributed by atoms with van der Waals surface area (Å²) in [6.07, 6.45) is 7.83. The Balaban J connectivity index is 1.67. The predicted molar refractivity (Wildman–Crippen MR) is 84.3 cm³/mol. The van der Waals surface area contributed by atoms with Gasteiger partial charge in [-0.1, -0.05) is 12.1 Å². The number of hydrogen-bond donors (Lipinski definition) is 1. The average molecular weight is 314 g/mol. The topological polar surface area (TPSA) is 63.6 Å². The van der Waals surface area contributed by atoms with E-state index >= 15 is 0 Å². The number of carbonyl (C=O) groups is 2. The van der Waals surface area contributed by atoms with Crippen LogP contribution in [-0.4, -0.2) is 17.0 Å². The lowest BCUT2D eigenvalue weighted by atomic mass is 9.48. The lowest BCUT2D eigenvalue weighted by Gasteiger charge is -2.57. The van der Waals surface area contributed by atoms with Gasteiger partial charge in [-0.05, 0) is 85.8 Å². The van der Waals surface area contributed by atoms with Gasteiger partial charge in [-0.25, -0.2) is 9.59 Å². The number of aryl methyl sites for hydroxylation is 1. The maximum Gasteiger partial charge on any atom is 0.422 e. The number of carbonyl (C=O) groups excluding carboxylic acids is 1. The second-order valence-electron chi connectivity index (χ2n) is 7.87. The summed E-state index contributed by atoms with van der Waals surface area (Å²) in [6, 6.07) is 6.03.